The fourth-order valence-corrected chi connectivity index (χ4v) is 4.92. The highest BCUT2D eigenvalue weighted by Gasteiger charge is 2.26. The monoisotopic (exact) mass is 416 g/mol. The summed E-state index contributed by atoms with van der Waals surface area (Å²) in [6, 6.07) is 8.11. The van der Waals surface area contributed by atoms with E-state index in [0.29, 0.717) is 16.4 Å². The first-order valence-electron chi connectivity index (χ1n) is 9.55. The molecule has 7 nitrogen and oxygen atoms in total. The zero-order valence-electron chi connectivity index (χ0n) is 16.1. The molecule has 0 atom stereocenters. The van der Waals surface area contributed by atoms with E-state index in [2.05, 4.69) is 27.8 Å². The Morgan fingerprint density at radius 1 is 1.32 bits per heavy atom. The van der Waals surface area contributed by atoms with Crippen molar-refractivity contribution in [2.24, 2.45) is 7.05 Å². The molecule has 9 heteroatoms. The molecule has 4 rings (SSSR count). The highest BCUT2D eigenvalue weighted by molar-refractivity contribution is 7.99. The third-order valence-electron chi connectivity index (χ3n) is 5.39. The lowest BCUT2D eigenvalue weighted by molar-refractivity contribution is -0.129. The van der Waals surface area contributed by atoms with Crippen LogP contribution in [0.2, 0.25) is 0 Å². The van der Waals surface area contributed by atoms with Crippen LogP contribution in [0, 0.1) is 4.77 Å². The van der Waals surface area contributed by atoms with E-state index in [9.17, 15) is 4.79 Å². The number of aromatic nitrogens is 5. The minimum Gasteiger partial charge on any atom is -0.342 e. The first kappa shape index (κ1) is 19.2. The van der Waals surface area contributed by atoms with Gasteiger partial charge in [0.1, 0.15) is 5.82 Å². The van der Waals surface area contributed by atoms with Crippen LogP contribution in [0.3, 0.4) is 0 Å². The van der Waals surface area contributed by atoms with Crippen molar-refractivity contribution in [1.82, 2.24) is 29.2 Å². The Balaban J connectivity index is 1.36. The zero-order chi connectivity index (χ0) is 19.7. The van der Waals surface area contributed by atoms with E-state index in [1.807, 2.05) is 34.7 Å². The number of fused-ring (bicyclic) bond motifs is 1. The summed E-state index contributed by atoms with van der Waals surface area (Å²) in [4.78, 5) is 19.4. The Hall–Kier alpha value is -2.13. The van der Waals surface area contributed by atoms with Gasteiger partial charge in [0.15, 0.2) is 9.93 Å². The third kappa shape index (κ3) is 3.60. The molecule has 0 bridgehead atoms. The van der Waals surface area contributed by atoms with Gasteiger partial charge in [-0.3, -0.25) is 9.89 Å². The molecular weight excluding hydrogens is 392 g/mol. The molecule has 1 N–H and O–H groups in total. The van der Waals surface area contributed by atoms with Crippen LogP contribution in [0.5, 0.6) is 0 Å². The van der Waals surface area contributed by atoms with Gasteiger partial charge in [-0.25, -0.2) is 4.98 Å². The van der Waals surface area contributed by atoms with Gasteiger partial charge in [0.25, 0.3) is 0 Å². The van der Waals surface area contributed by atoms with Crippen LogP contribution >= 0.6 is 24.0 Å². The molecule has 1 fully saturated rings. The Kier molecular flexibility index (Phi) is 5.54. The highest BCUT2D eigenvalue weighted by Crippen LogP contribution is 2.28. The van der Waals surface area contributed by atoms with Gasteiger partial charge in [-0.15, -0.1) is 0 Å². The van der Waals surface area contributed by atoms with Crippen molar-refractivity contribution in [2.75, 3.05) is 18.8 Å². The smallest absolute Gasteiger partial charge is 0.233 e. The van der Waals surface area contributed by atoms with E-state index in [-0.39, 0.29) is 5.91 Å². The summed E-state index contributed by atoms with van der Waals surface area (Å²) in [5.74, 6) is 1.93. The molecule has 0 saturated carbocycles. The molecular formula is C19H24N6OS2. The lowest BCUT2D eigenvalue weighted by atomic mass is 9.96. The summed E-state index contributed by atoms with van der Waals surface area (Å²) in [6.07, 6.45) is 1.83. The van der Waals surface area contributed by atoms with Crippen LogP contribution < -0.4 is 0 Å². The predicted octanol–water partition coefficient (Wildman–Crippen LogP) is 3.35. The molecule has 1 saturated heterocycles. The molecule has 1 amide bonds. The third-order valence-corrected chi connectivity index (χ3v) is 6.71. The van der Waals surface area contributed by atoms with E-state index in [1.165, 1.54) is 11.8 Å². The van der Waals surface area contributed by atoms with Crippen molar-refractivity contribution in [3.8, 4) is 0 Å². The number of benzene rings is 1. The molecule has 2 aromatic heterocycles. The number of thioether (sulfide) groups is 1. The predicted molar refractivity (Wildman–Crippen MR) is 113 cm³/mol. The van der Waals surface area contributed by atoms with Crippen LogP contribution in [-0.4, -0.2) is 54.0 Å². The van der Waals surface area contributed by atoms with E-state index in [1.54, 1.807) is 0 Å². The summed E-state index contributed by atoms with van der Waals surface area (Å²) in [7, 11) is 1.94. The second-order valence-corrected chi connectivity index (χ2v) is 8.35. The lowest BCUT2D eigenvalue weighted by Gasteiger charge is -2.31. The maximum Gasteiger partial charge on any atom is 0.233 e. The molecule has 3 heterocycles. The summed E-state index contributed by atoms with van der Waals surface area (Å²) in [5, 5.41) is 8.11. The van der Waals surface area contributed by atoms with Crippen molar-refractivity contribution in [1.29, 1.82) is 0 Å². The van der Waals surface area contributed by atoms with E-state index >= 15 is 0 Å². The second-order valence-electron chi connectivity index (χ2n) is 7.02. The molecule has 1 aromatic carbocycles. The number of piperidine rings is 1. The molecule has 0 radical (unpaired) electrons. The fraction of sp³-hybridized carbons (Fsp3) is 0.474. The number of H-pyrrole nitrogens is 1. The van der Waals surface area contributed by atoms with Gasteiger partial charge >= 0.3 is 0 Å². The standard InChI is InChI=1S/C19H24N6OS2/c1-3-25-15-7-5-4-6-14(15)20-19(25)28-12-16(26)24-10-8-13(9-11-24)17-21-22-18(27)23(17)2/h4-7,13H,3,8-12H2,1-2H3,(H,22,27). The number of aromatic amines is 1. The topological polar surface area (TPSA) is 71.7 Å². The molecule has 28 heavy (non-hydrogen) atoms. The van der Waals surface area contributed by atoms with Gasteiger partial charge in [0, 0.05) is 32.6 Å². The zero-order valence-corrected chi connectivity index (χ0v) is 17.7. The summed E-state index contributed by atoms with van der Waals surface area (Å²) < 4.78 is 4.75. The molecule has 3 aromatic rings. The number of para-hydroxylation sites is 2. The number of likely N-dealkylation sites (tertiary alicyclic amines) is 1. The summed E-state index contributed by atoms with van der Waals surface area (Å²) in [6.45, 7) is 4.46. The minimum absolute atomic E-state index is 0.175. The average Bonchev–Trinajstić information content (AvgIpc) is 3.25. The SMILES string of the molecule is CCn1c(SCC(=O)N2CCC(c3n[nH]c(=S)n3C)CC2)nc2ccccc21. The number of aryl methyl sites for hydroxylation is 1. The van der Waals surface area contributed by atoms with E-state index in [4.69, 9.17) is 17.2 Å². The van der Waals surface area contributed by atoms with Gasteiger partial charge in [-0.2, -0.15) is 5.10 Å². The first-order chi connectivity index (χ1) is 13.6. The van der Waals surface area contributed by atoms with Crippen LogP contribution in [-0.2, 0) is 18.4 Å². The number of hydrogen-bond donors (Lipinski definition) is 1. The second kappa shape index (κ2) is 8.08. The van der Waals surface area contributed by atoms with Gasteiger partial charge in [0.05, 0.1) is 16.8 Å². The molecule has 148 valence electrons. The van der Waals surface area contributed by atoms with Crippen molar-refractivity contribution in [2.45, 2.75) is 37.4 Å². The molecule has 0 unspecified atom stereocenters. The quantitative estimate of drug-likeness (QED) is 0.510. The number of rotatable bonds is 5. The Morgan fingerprint density at radius 2 is 2.07 bits per heavy atom. The average molecular weight is 417 g/mol. The molecule has 0 aliphatic carbocycles. The van der Waals surface area contributed by atoms with Gasteiger partial charge < -0.3 is 14.0 Å². The normalized spacial score (nSPS) is 15.4. The first-order valence-corrected chi connectivity index (χ1v) is 10.9. The number of hydrogen-bond acceptors (Lipinski definition) is 5. The minimum atomic E-state index is 0.175. The van der Waals surface area contributed by atoms with Crippen molar-refractivity contribution in [3.05, 3.63) is 34.9 Å². The fourth-order valence-electron chi connectivity index (χ4n) is 3.80. The molecule has 0 spiro atoms. The highest BCUT2D eigenvalue weighted by atomic mass is 32.2. The van der Waals surface area contributed by atoms with Gasteiger partial charge in [0.2, 0.25) is 5.91 Å². The van der Waals surface area contributed by atoms with Crippen LogP contribution in [0.25, 0.3) is 11.0 Å². The number of carbonyl (C=O) groups is 1. The lowest BCUT2D eigenvalue weighted by Crippen LogP contribution is -2.39. The van der Waals surface area contributed by atoms with Gasteiger partial charge in [-0.05, 0) is 44.1 Å². The maximum atomic E-state index is 12.7. The van der Waals surface area contributed by atoms with Gasteiger partial charge in [-0.1, -0.05) is 23.9 Å². The molecule has 1 aliphatic rings. The van der Waals surface area contributed by atoms with E-state index < -0.39 is 0 Å². The number of imidazole rings is 1. The number of nitrogens with zero attached hydrogens (tertiary/aromatic N) is 5. The number of amides is 1. The van der Waals surface area contributed by atoms with Crippen LogP contribution in [0.1, 0.15) is 31.5 Å². The largest absolute Gasteiger partial charge is 0.342 e. The Morgan fingerprint density at radius 3 is 2.75 bits per heavy atom. The van der Waals surface area contributed by atoms with E-state index in [0.717, 1.165) is 54.5 Å². The van der Waals surface area contributed by atoms with Crippen LogP contribution in [0.4, 0.5) is 0 Å². The van der Waals surface area contributed by atoms with Crippen molar-refractivity contribution < 1.29 is 4.79 Å². The van der Waals surface area contributed by atoms with Crippen molar-refractivity contribution >= 4 is 40.9 Å². The number of carbonyl (C=O) groups excluding carboxylic acids is 1. The maximum absolute atomic E-state index is 12.7. The Labute approximate surface area is 173 Å². The van der Waals surface area contributed by atoms with Crippen molar-refractivity contribution in [3.63, 3.8) is 0 Å². The molecule has 1 aliphatic heterocycles. The Bertz CT molecular complexity index is 1040. The number of nitrogens with one attached hydrogen (secondary N) is 1. The van der Waals surface area contributed by atoms with Crippen LogP contribution in [0.15, 0.2) is 29.4 Å². The summed E-state index contributed by atoms with van der Waals surface area (Å²) >= 11 is 6.73. The summed E-state index contributed by atoms with van der Waals surface area (Å²) in [5.41, 5.74) is 2.10.